The van der Waals surface area contributed by atoms with E-state index in [4.69, 9.17) is 21.6 Å². The lowest BCUT2D eigenvalue weighted by Gasteiger charge is -2.09. The Balaban J connectivity index is 2.71. The Morgan fingerprint density at radius 3 is 2.88 bits per heavy atom. The van der Waals surface area contributed by atoms with Crippen molar-refractivity contribution < 1.29 is 9.53 Å². The number of hydrogen-bond donors (Lipinski definition) is 1. The number of anilines is 1. The molecule has 17 heavy (non-hydrogen) atoms. The van der Waals surface area contributed by atoms with Gasteiger partial charge in [0.25, 0.3) is 0 Å². The summed E-state index contributed by atoms with van der Waals surface area (Å²) in [6.07, 6.45) is -0.0180. The normalized spacial score (nSPS) is 10.1. The molecule has 0 heterocycles. The molecule has 1 aromatic carbocycles. The molecule has 0 unspecified atom stereocenters. The number of amides is 1. The summed E-state index contributed by atoms with van der Waals surface area (Å²) in [4.78, 5) is 11.5. The minimum Gasteiger partial charge on any atom is -0.369 e. The van der Waals surface area contributed by atoms with Gasteiger partial charge in [0.15, 0.2) is 0 Å². The summed E-state index contributed by atoms with van der Waals surface area (Å²) in [6.45, 7) is 3.63. The fraction of sp³-hybridized carbons (Fsp3) is 0.333. The van der Waals surface area contributed by atoms with Gasteiger partial charge in [-0.2, -0.15) is 5.26 Å². The van der Waals surface area contributed by atoms with Crippen molar-refractivity contribution in [3.8, 4) is 6.07 Å². The molecule has 0 spiro atoms. The van der Waals surface area contributed by atoms with Crippen LogP contribution in [-0.2, 0) is 9.53 Å². The van der Waals surface area contributed by atoms with Crippen LogP contribution in [0.4, 0.5) is 5.69 Å². The smallest absolute Gasteiger partial charge is 0.250 e. The third-order valence-corrected chi connectivity index (χ3v) is 2.16. The average Bonchev–Trinajstić information content (AvgIpc) is 2.27. The molecule has 5 heteroatoms. The average molecular weight is 253 g/mol. The van der Waals surface area contributed by atoms with Gasteiger partial charge in [0.1, 0.15) is 12.7 Å². The number of halogens is 1. The van der Waals surface area contributed by atoms with Crippen LogP contribution in [-0.4, -0.2) is 18.6 Å². The highest BCUT2D eigenvalue weighted by atomic mass is 35.5. The van der Waals surface area contributed by atoms with Crippen LogP contribution in [0.25, 0.3) is 0 Å². The Morgan fingerprint density at radius 2 is 2.29 bits per heavy atom. The summed E-state index contributed by atoms with van der Waals surface area (Å²) in [7, 11) is 0. The van der Waals surface area contributed by atoms with E-state index in [1.54, 1.807) is 12.1 Å². The van der Waals surface area contributed by atoms with Gasteiger partial charge in [0, 0.05) is 5.02 Å². The first-order valence-corrected chi connectivity index (χ1v) is 5.52. The molecule has 1 aromatic rings. The van der Waals surface area contributed by atoms with Gasteiger partial charge < -0.3 is 10.1 Å². The summed E-state index contributed by atoms with van der Waals surface area (Å²) in [5, 5.41) is 11.9. The quantitative estimate of drug-likeness (QED) is 0.896. The van der Waals surface area contributed by atoms with Gasteiger partial charge in [-0.15, -0.1) is 0 Å². The van der Waals surface area contributed by atoms with Gasteiger partial charge in [-0.3, -0.25) is 4.79 Å². The molecule has 0 aliphatic heterocycles. The molecule has 0 bridgehead atoms. The number of nitriles is 1. The molecular formula is C12H13ClN2O2. The maximum absolute atomic E-state index is 11.5. The SMILES string of the molecule is CC(C)OCC(=O)Nc1cc(Cl)ccc1C#N. The molecule has 0 aliphatic rings. The van der Waals surface area contributed by atoms with E-state index in [2.05, 4.69) is 5.32 Å². The molecular weight excluding hydrogens is 240 g/mol. The zero-order chi connectivity index (χ0) is 12.8. The maximum atomic E-state index is 11.5. The van der Waals surface area contributed by atoms with Crippen LogP contribution >= 0.6 is 11.6 Å². The second-order valence-corrected chi connectivity index (χ2v) is 4.15. The number of carbonyl (C=O) groups excluding carboxylic acids is 1. The molecule has 1 N–H and O–H groups in total. The Morgan fingerprint density at radius 1 is 1.59 bits per heavy atom. The van der Waals surface area contributed by atoms with Crippen LogP contribution in [0.1, 0.15) is 19.4 Å². The molecule has 0 radical (unpaired) electrons. The maximum Gasteiger partial charge on any atom is 0.250 e. The fourth-order valence-corrected chi connectivity index (χ4v) is 1.32. The number of rotatable bonds is 4. The van der Waals surface area contributed by atoms with E-state index in [0.29, 0.717) is 16.3 Å². The van der Waals surface area contributed by atoms with Crippen LogP contribution in [0.5, 0.6) is 0 Å². The minimum absolute atomic E-state index is 0.0180. The first-order valence-electron chi connectivity index (χ1n) is 5.14. The predicted molar refractivity (Wildman–Crippen MR) is 65.9 cm³/mol. The van der Waals surface area contributed by atoms with E-state index in [9.17, 15) is 4.79 Å². The molecule has 0 atom stereocenters. The molecule has 0 aliphatic carbocycles. The zero-order valence-electron chi connectivity index (χ0n) is 9.66. The van der Waals surface area contributed by atoms with Crippen LogP contribution in [0.15, 0.2) is 18.2 Å². The summed E-state index contributed by atoms with van der Waals surface area (Å²) < 4.78 is 5.15. The number of nitrogens with zero attached hydrogens (tertiary/aromatic N) is 1. The molecule has 1 rings (SSSR count). The number of nitrogens with one attached hydrogen (secondary N) is 1. The Kier molecular flexibility index (Phi) is 4.95. The lowest BCUT2D eigenvalue weighted by atomic mass is 10.2. The third-order valence-electron chi connectivity index (χ3n) is 1.92. The van der Waals surface area contributed by atoms with Crippen molar-refractivity contribution >= 4 is 23.2 Å². The van der Waals surface area contributed by atoms with Gasteiger partial charge in [-0.05, 0) is 32.0 Å². The Hall–Kier alpha value is -1.57. The number of ether oxygens (including phenoxy) is 1. The van der Waals surface area contributed by atoms with Crippen LogP contribution in [0.2, 0.25) is 5.02 Å². The number of benzene rings is 1. The molecule has 1 amide bonds. The van der Waals surface area contributed by atoms with Gasteiger partial charge in [0.2, 0.25) is 5.91 Å². The molecule has 0 saturated heterocycles. The van der Waals surface area contributed by atoms with Crippen molar-refractivity contribution in [2.45, 2.75) is 20.0 Å². The highest BCUT2D eigenvalue weighted by molar-refractivity contribution is 6.31. The monoisotopic (exact) mass is 252 g/mol. The van der Waals surface area contributed by atoms with Crippen molar-refractivity contribution in [2.75, 3.05) is 11.9 Å². The van der Waals surface area contributed by atoms with Crippen molar-refractivity contribution in [1.29, 1.82) is 5.26 Å². The molecule has 0 saturated carbocycles. The Labute approximate surface area is 105 Å². The van der Waals surface area contributed by atoms with E-state index >= 15 is 0 Å². The van der Waals surface area contributed by atoms with Gasteiger partial charge >= 0.3 is 0 Å². The zero-order valence-corrected chi connectivity index (χ0v) is 10.4. The minimum atomic E-state index is -0.308. The van der Waals surface area contributed by atoms with Crippen LogP contribution in [0, 0.1) is 11.3 Å². The topological polar surface area (TPSA) is 62.1 Å². The largest absolute Gasteiger partial charge is 0.369 e. The van der Waals surface area contributed by atoms with Gasteiger partial charge in [-0.1, -0.05) is 11.6 Å². The van der Waals surface area contributed by atoms with E-state index in [1.165, 1.54) is 6.07 Å². The summed E-state index contributed by atoms with van der Waals surface area (Å²) in [5.74, 6) is -0.308. The highest BCUT2D eigenvalue weighted by Crippen LogP contribution is 2.20. The van der Waals surface area contributed by atoms with Crippen molar-refractivity contribution in [3.05, 3.63) is 28.8 Å². The third kappa shape index (κ3) is 4.43. The summed E-state index contributed by atoms with van der Waals surface area (Å²) in [5.41, 5.74) is 0.768. The lowest BCUT2D eigenvalue weighted by molar-refractivity contribution is -0.121. The van der Waals surface area contributed by atoms with E-state index in [-0.39, 0.29) is 18.6 Å². The van der Waals surface area contributed by atoms with Crippen LogP contribution < -0.4 is 5.32 Å². The highest BCUT2D eigenvalue weighted by Gasteiger charge is 2.08. The summed E-state index contributed by atoms with van der Waals surface area (Å²) >= 11 is 5.79. The lowest BCUT2D eigenvalue weighted by Crippen LogP contribution is -2.21. The first kappa shape index (κ1) is 13.5. The standard InChI is InChI=1S/C12H13ClN2O2/c1-8(2)17-7-12(16)15-11-5-10(13)4-3-9(11)6-14/h3-5,8H,7H2,1-2H3,(H,15,16). The van der Waals surface area contributed by atoms with E-state index in [1.807, 2.05) is 19.9 Å². The number of hydrogen-bond acceptors (Lipinski definition) is 3. The number of carbonyl (C=O) groups is 1. The van der Waals surface area contributed by atoms with Crippen molar-refractivity contribution in [3.63, 3.8) is 0 Å². The first-order chi connectivity index (χ1) is 8.02. The van der Waals surface area contributed by atoms with Crippen molar-refractivity contribution in [1.82, 2.24) is 0 Å². The van der Waals surface area contributed by atoms with Crippen molar-refractivity contribution in [2.24, 2.45) is 0 Å². The fourth-order valence-electron chi connectivity index (χ4n) is 1.15. The Bertz CT molecular complexity index is 452. The molecule has 90 valence electrons. The second kappa shape index (κ2) is 6.24. The van der Waals surface area contributed by atoms with Gasteiger partial charge in [0.05, 0.1) is 17.4 Å². The summed E-state index contributed by atoms with van der Waals surface area (Å²) in [6, 6.07) is 6.67. The van der Waals surface area contributed by atoms with Gasteiger partial charge in [-0.25, -0.2) is 0 Å². The molecule has 4 nitrogen and oxygen atoms in total. The molecule has 0 fully saturated rings. The van der Waals surface area contributed by atoms with Crippen LogP contribution in [0.3, 0.4) is 0 Å². The van der Waals surface area contributed by atoms with E-state index in [0.717, 1.165) is 0 Å². The van der Waals surface area contributed by atoms with E-state index < -0.39 is 0 Å². The predicted octanol–water partition coefficient (Wildman–Crippen LogP) is 2.58. The molecule has 0 aromatic heterocycles. The second-order valence-electron chi connectivity index (χ2n) is 3.71.